The molecular weight excluding hydrogens is 292 g/mol. The van der Waals surface area contributed by atoms with Crippen molar-refractivity contribution in [1.29, 1.82) is 0 Å². The van der Waals surface area contributed by atoms with Crippen LogP contribution in [0.1, 0.15) is 10.4 Å². The number of ether oxygens (including phenoxy) is 2. The zero-order chi connectivity index (χ0) is 15.1. The number of carbonyl (C=O) groups excluding carboxylic acids is 1. The van der Waals surface area contributed by atoms with Gasteiger partial charge < -0.3 is 14.8 Å². The first kappa shape index (κ1) is 15.3. The van der Waals surface area contributed by atoms with Crippen LogP contribution in [0.5, 0.6) is 11.6 Å². The maximum atomic E-state index is 12.1. The molecule has 1 aromatic carbocycles. The van der Waals surface area contributed by atoms with Crippen LogP contribution < -0.4 is 10.1 Å². The fourth-order valence-electron chi connectivity index (χ4n) is 1.62. The molecule has 0 fully saturated rings. The Morgan fingerprint density at radius 2 is 2.05 bits per heavy atom. The Hall–Kier alpha value is -2.11. The molecule has 21 heavy (non-hydrogen) atoms. The standard InChI is InChI=1S/C15H15ClN2O3/c1-20-10-9-17-14(19)13-3-2-8-18-15(13)21-12-6-4-11(16)5-7-12/h2-8H,9-10H2,1H3,(H,17,19). The molecule has 1 N–H and O–H groups in total. The van der Waals surface area contributed by atoms with Crippen LogP contribution in [0.3, 0.4) is 0 Å². The number of halogens is 1. The molecule has 6 heteroatoms. The van der Waals surface area contributed by atoms with E-state index in [9.17, 15) is 4.79 Å². The number of methoxy groups -OCH3 is 1. The first-order valence-corrected chi connectivity index (χ1v) is 6.74. The van der Waals surface area contributed by atoms with Gasteiger partial charge in [-0.2, -0.15) is 0 Å². The topological polar surface area (TPSA) is 60.5 Å². The summed E-state index contributed by atoms with van der Waals surface area (Å²) in [4.78, 5) is 16.2. The van der Waals surface area contributed by atoms with Crippen LogP contribution in [0.25, 0.3) is 0 Å². The molecule has 1 heterocycles. The Kier molecular flexibility index (Phi) is 5.54. The molecule has 5 nitrogen and oxygen atoms in total. The van der Waals surface area contributed by atoms with Gasteiger partial charge in [0.1, 0.15) is 11.3 Å². The first-order chi connectivity index (χ1) is 10.2. The molecule has 0 saturated heterocycles. The largest absolute Gasteiger partial charge is 0.438 e. The van der Waals surface area contributed by atoms with E-state index in [1.54, 1.807) is 49.7 Å². The molecule has 1 aromatic heterocycles. The third kappa shape index (κ3) is 4.44. The molecule has 0 saturated carbocycles. The van der Waals surface area contributed by atoms with E-state index >= 15 is 0 Å². The van der Waals surface area contributed by atoms with Crippen LogP contribution in [0.2, 0.25) is 5.02 Å². The van der Waals surface area contributed by atoms with E-state index in [-0.39, 0.29) is 11.8 Å². The van der Waals surface area contributed by atoms with Crippen molar-refractivity contribution in [1.82, 2.24) is 10.3 Å². The normalized spacial score (nSPS) is 10.2. The van der Waals surface area contributed by atoms with Gasteiger partial charge in [-0.3, -0.25) is 4.79 Å². The predicted molar refractivity (Wildman–Crippen MR) is 80.0 cm³/mol. The number of hydrogen-bond acceptors (Lipinski definition) is 4. The Balaban J connectivity index is 2.12. The zero-order valence-electron chi connectivity index (χ0n) is 11.5. The molecule has 2 aromatic rings. The number of benzene rings is 1. The van der Waals surface area contributed by atoms with Crippen LogP contribution in [0.4, 0.5) is 0 Å². The van der Waals surface area contributed by atoms with Crippen LogP contribution in [0.15, 0.2) is 42.6 Å². The maximum absolute atomic E-state index is 12.1. The highest BCUT2D eigenvalue weighted by Crippen LogP contribution is 2.24. The summed E-state index contributed by atoms with van der Waals surface area (Å²) < 4.78 is 10.5. The van der Waals surface area contributed by atoms with Crippen LogP contribution in [-0.4, -0.2) is 31.2 Å². The summed E-state index contributed by atoms with van der Waals surface area (Å²) in [5, 5.41) is 3.34. The quantitative estimate of drug-likeness (QED) is 0.834. The number of hydrogen-bond donors (Lipinski definition) is 1. The Bertz CT molecular complexity index is 602. The van der Waals surface area contributed by atoms with E-state index in [1.165, 1.54) is 0 Å². The number of amides is 1. The minimum Gasteiger partial charge on any atom is -0.438 e. The summed E-state index contributed by atoms with van der Waals surface area (Å²) in [6.07, 6.45) is 1.57. The highest BCUT2D eigenvalue weighted by Gasteiger charge is 2.13. The molecule has 0 aliphatic carbocycles. The van der Waals surface area contributed by atoms with Crippen molar-refractivity contribution in [3.8, 4) is 11.6 Å². The van der Waals surface area contributed by atoms with Gasteiger partial charge in [0.15, 0.2) is 0 Å². The summed E-state index contributed by atoms with van der Waals surface area (Å²) in [5.74, 6) is 0.544. The van der Waals surface area contributed by atoms with Crippen molar-refractivity contribution in [2.45, 2.75) is 0 Å². The molecule has 0 spiro atoms. The Morgan fingerprint density at radius 1 is 1.29 bits per heavy atom. The molecule has 2 rings (SSSR count). The third-order valence-corrected chi connectivity index (χ3v) is 2.89. The van der Waals surface area contributed by atoms with Crippen molar-refractivity contribution < 1.29 is 14.3 Å². The second-order valence-corrected chi connectivity index (χ2v) is 4.60. The van der Waals surface area contributed by atoms with Gasteiger partial charge in [-0.25, -0.2) is 4.98 Å². The van der Waals surface area contributed by atoms with E-state index in [1.807, 2.05) is 0 Å². The van der Waals surface area contributed by atoms with E-state index in [4.69, 9.17) is 21.1 Å². The lowest BCUT2D eigenvalue weighted by Gasteiger charge is -2.10. The minimum atomic E-state index is -0.260. The predicted octanol–water partition coefficient (Wildman–Crippen LogP) is 2.90. The lowest BCUT2D eigenvalue weighted by atomic mass is 10.2. The van der Waals surface area contributed by atoms with Crippen molar-refractivity contribution in [3.63, 3.8) is 0 Å². The van der Waals surface area contributed by atoms with Gasteiger partial charge in [0, 0.05) is 24.9 Å². The summed E-state index contributed by atoms with van der Waals surface area (Å²) in [5.41, 5.74) is 0.364. The lowest BCUT2D eigenvalue weighted by Crippen LogP contribution is -2.27. The monoisotopic (exact) mass is 306 g/mol. The summed E-state index contributed by atoms with van der Waals surface area (Å²) in [7, 11) is 1.57. The van der Waals surface area contributed by atoms with E-state index in [0.717, 1.165) is 0 Å². The number of rotatable bonds is 6. The van der Waals surface area contributed by atoms with E-state index in [2.05, 4.69) is 10.3 Å². The van der Waals surface area contributed by atoms with Gasteiger partial charge in [-0.1, -0.05) is 11.6 Å². The summed E-state index contributed by atoms with van der Waals surface area (Å²) in [6, 6.07) is 10.2. The second kappa shape index (κ2) is 7.61. The highest BCUT2D eigenvalue weighted by molar-refractivity contribution is 6.30. The van der Waals surface area contributed by atoms with Crippen molar-refractivity contribution >= 4 is 17.5 Å². The van der Waals surface area contributed by atoms with E-state index < -0.39 is 0 Å². The van der Waals surface area contributed by atoms with E-state index in [0.29, 0.717) is 29.5 Å². The van der Waals surface area contributed by atoms with Crippen LogP contribution in [-0.2, 0) is 4.74 Å². The molecule has 0 atom stereocenters. The summed E-state index contributed by atoms with van der Waals surface area (Å²) in [6.45, 7) is 0.865. The first-order valence-electron chi connectivity index (χ1n) is 6.36. The molecule has 0 aliphatic rings. The van der Waals surface area contributed by atoms with Gasteiger partial charge in [0.05, 0.1) is 6.61 Å². The third-order valence-electron chi connectivity index (χ3n) is 2.64. The van der Waals surface area contributed by atoms with Gasteiger partial charge in [0.25, 0.3) is 5.91 Å². The van der Waals surface area contributed by atoms with Crippen molar-refractivity contribution in [2.75, 3.05) is 20.3 Å². The Labute approximate surface area is 127 Å². The van der Waals surface area contributed by atoms with Gasteiger partial charge >= 0.3 is 0 Å². The minimum absolute atomic E-state index is 0.245. The number of nitrogens with one attached hydrogen (secondary N) is 1. The maximum Gasteiger partial charge on any atom is 0.256 e. The average molecular weight is 307 g/mol. The van der Waals surface area contributed by atoms with Crippen LogP contribution >= 0.6 is 11.6 Å². The van der Waals surface area contributed by atoms with Gasteiger partial charge in [0.2, 0.25) is 5.88 Å². The molecule has 110 valence electrons. The highest BCUT2D eigenvalue weighted by atomic mass is 35.5. The molecular formula is C15H15ClN2O3. The second-order valence-electron chi connectivity index (χ2n) is 4.16. The SMILES string of the molecule is COCCNC(=O)c1cccnc1Oc1ccc(Cl)cc1. The molecule has 0 unspecified atom stereocenters. The van der Waals surface area contributed by atoms with Gasteiger partial charge in [-0.05, 0) is 36.4 Å². The van der Waals surface area contributed by atoms with Crippen LogP contribution in [0, 0.1) is 0 Å². The number of nitrogens with zero attached hydrogens (tertiary/aromatic N) is 1. The summed E-state index contributed by atoms with van der Waals surface area (Å²) >= 11 is 5.82. The number of pyridine rings is 1. The fraction of sp³-hybridized carbons (Fsp3) is 0.200. The zero-order valence-corrected chi connectivity index (χ0v) is 12.3. The van der Waals surface area contributed by atoms with Crippen molar-refractivity contribution in [3.05, 3.63) is 53.2 Å². The molecule has 0 bridgehead atoms. The van der Waals surface area contributed by atoms with Gasteiger partial charge in [-0.15, -0.1) is 0 Å². The number of aromatic nitrogens is 1. The average Bonchev–Trinajstić information content (AvgIpc) is 2.50. The molecule has 0 radical (unpaired) electrons. The Morgan fingerprint density at radius 3 is 2.76 bits per heavy atom. The molecule has 0 aliphatic heterocycles. The number of carbonyl (C=O) groups is 1. The molecule has 1 amide bonds. The lowest BCUT2D eigenvalue weighted by molar-refractivity contribution is 0.0934. The van der Waals surface area contributed by atoms with Crippen molar-refractivity contribution in [2.24, 2.45) is 0 Å². The smallest absolute Gasteiger partial charge is 0.256 e. The fourth-order valence-corrected chi connectivity index (χ4v) is 1.75.